The summed E-state index contributed by atoms with van der Waals surface area (Å²) in [4.78, 5) is 14.7. The molecule has 3 nitrogen and oxygen atoms in total. The molecular weight excluding hydrogens is 631 g/mol. The normalized spacial score (nSPS) is 14.6. The van der Waals surface area contributed by atoms with Gasteiger partial charge >= 0.3 is 0 Å². The van der Waals surface area contributed by atoms with Crippen LogP contribution in [0.2, 0.25) is 0 Å². The van der Waals surface area contributed by atoms with Crippen molar-refractivity contribution in [3.8, 4) is 33.8 Å². The third kappa shape index (κ3) is 6.78. The van der Waals surface area contributed by atoms with E-state index in [0.29, 0.717) is 11.7 Å². The molecule has 1 aliphatic carbocycles. The van der Waals surface area contributed by atoms with E-state index in [9.17, 15) is 0 Å². The minimum atomic E-state index is 0.467. The predicted molar refractivity (Wildman–Crippen MR) is 219 cm³/mol. The minimum absolute atomic E-state index is 0.467. The van der Waals surface area contributed by atoms with Crippen LogP contribution in [0.4, 0.5) is 0 Å². The lowest BCUT2D eigenvalue weighted by atomic mass is 9.82. The smallest absolute Gasteiger partial charge is 0.160 e. The van der Waals surface area contributed by atoms with Gasteiger partial charge in [-0.15, -0.1) is 0 Å². The number of nitrogens with zero attached hydrogens (tertiary/aromatic N) is 3. The molecule has 52 heavy (non-hydrogen) atoms. The number of allylic oxidation sites excluding steroid dienone is 5. The van der Waals surface area contributed by atoms with Crippen molar-refractivity contribution < 1.29 is 0 Å². The van der Waals surface area contributed by atoms with Crippen LogP contribution in [-0.2, 0) is 0 Å². The summed E-state index contributed by atoms with van der Waals surface area (Å²) in [5, 5.41) is 2.48. The predicted octanol–water partition coefficient (Wildman–Crippen LogP) is 13.0. The van der Waals surface area contributed by atoms with Crippen LogP contribution in [0.3, 0.4) is 0 Å². The molecule has 252 valence electrons. The molecule has 0 fully saturated rings. The number of pyridine rings is 1. The monoisotopic (exact) mass is 671 g/mol. The third-order valence-electron chi connectivity index (χ3n) is 10.2. The van der Waals surface area contributed by atoms with Crippen LogP contribution in [0.15, 0.2) is 158 Å². The average Bonchev–Trinajstić information content (AvgIpc) is 3.21. The van der Waals surface area contributed by atoms with E-state index in [-0.39, 0.29) is 0 Å². The van der Waals surface area contributed by atoms with Crippen molar-refractivity contribution in [2.45, 2.75) is 39.5 Å². The first-order valence-electron chi connectivity index (χ1n) is 18.2. The summed E-state index contributed by atoms with van der Waals surface area (Å²) in [5.41, 5.74) is 15.0. The van der Waals surface area contributed by atoms with Crippen molar-refractivity contribution in [1.29, 1.82) is 0 Å². The molecule has 5 aromatic carbocycles. The Hall–Kier alpha value is -6.19. The second-order valence-electron chi connectivity index (χ2n) is 13.7. The number of hydrogen-bond acceptors (Lipinski definition) is 3. The highest BCUT2D eigenvalue weighted by Crippen LogP contribution is 2.39. The zero-order chi connectivity index (χ0) is 35.4. The fraction of sp³-hybridized carbons (Fsp3) is 0.122. The molecule has 8 rings (SSSR count). The molecule has 0 saturated carbocycles. The van der Waals surface area contributed by atoms with Crippen molar-refractivity contribution in [2.75, 3.05) is 0 Å². The first-order chi connectivity index (χ1) is 25.5. The zero-order valence-electron chi connectivity index (χ0n) is 29.9. The molecule has 3 heteroatoms. The van der Waals surface area contributed by atoms with E-state index in [1.807, 2.05) is 18.5 Å². The molecule has 2 aromatic heterocycles. The Morgan fingerprint density at radius 2 is 1.48 bits per heavy atom. The van der Waals surface area contributed by atoms with Crippen molar-refractivity contribution in [3.05, 3.63) is 186 Å². The summed E-state index contributed by atoms with van der Waals surface area (Å²) >= 11 is 0. The molecule has 7 aromatic rings. The van der Waals surface area contributed by atoms with Crippen LogP contribution in [-0.4, -0.2) is 15.0 Å². The highest BCUT2D eigenvalue weighted by Gasteiger charge is 2.19. The highest BCUT2D eigenvalue weighted by atomic mass is 14.9. The van der Waals surface area contributed by atoms with Crippen LogP contribution in [0, 0.1) is 0 Å². The number of hydrogen-bond donors (Lipinski definition) is 0. The molecule has 0 N–H and O–H groups in total. The Kier molecular flexibility index (Phi) is 9.25. The highest BCUT2D eigenvalue weighted by molar-refractivity contribution is 5.97. The van der Waals surface area contributed by atoms with Crippen molar-refractivity contribution in [2.24, 2.45) is 0 Å². The molecule has 0 amide bonds. The van der Waals surface area contributed by atoms with E-state index < -0.39 is 0 Å². The Labute approximate surface area is 306 Å². The van der Waals surface area contributed by atoms with E-state index in [1.165, 1.54) is 49.7 Å². The van der Waals surface area contributed by atoms with Gasteiger partial charge < -0.3 is 0 Å². The Bertz CT molecular complexity index is 2480. The number of aromatic nitrogens is 3. The number of fused-ring (bicyclic) bond motifs is 2. The maximum atomic E-state index is 5.22. The topological polar surface area (TPSA) is 38.7 Å². The largest absolute Gasteiger partial charge is 0.264 e. The Morgan fingerprint density at radius 1 is 0.712 bits per heavy atom. The van der Waals surface area contributed by atoms with E-state index >= 15 is 0 Å². The molecule has 0 spiro atoms. The Balaban J connectivity index is 1.21. The summed E-state index contributed by atoms with van der Waals surface area (Å²) in [6.07, 6.45) is 12.4. The standard InChI is InChI=1S/C49H41N3/c1-4-35(42-17-11-27-50-32-42)22-21-33(2)47-31-48(41-16-9-15-39(29-41)43-28-34(3)44-18-7-6-13-40(44)30-43)52-49(51-47)38-25-23-37(24-26-38)46-20-10-14-36-12-5-8-19-45(36)46/h5-27,29-32,34H,4,28H2,1-3H3/b33-21+,35-22+/t34-/m0/s1. The van der Waals surface area contributed by atoms with Crippen LogP contribution in [0.1, 0.15) is 67.5 Å². The summed E-state index contributed by atoms with van der Waals surface area (Å²) in [5.74, 6) is 1.18. The molecule has 2 heterocycles. The van der Waals surface area contributed by atoms with Crippen LogP contribution in [0.5, 0.6) is 0 Å². The van der Waals surface area contributed by atoms with Gasteiger partial charge in [-0.1, -0.05) is 147 Å². The van der Waals surface area contributed by atoms with E-state index in [4.69, 9.17) is 9.97 Å². The lowest BCUT2D eigenvalue weighted by Gasteiger charge is -2.23. The van der Waals surface area contributed by atoms with Crippen molar-refractivity contribution >= 4 is 33.6 Å². The van der Waals surface area contributed by atoms with Crippen LogP contribution < -0.4 is 0 Å². The average molecular weight is 672 g/mol. The lowest BCUT2D eigenvalue weighted by molar-refractivity contribution is 0.783. The molecule has 0 saturated heterocycles. The molecule has 0 radical (unpaired) electrons. The van der Waals surface area contributed by atoms with Gasteiger partial charge in [0.2, 0.25) is 0 Å². The maximum Gasteiger partial charge on any atom is 0.160 e. The van der Waals surface area contributed by atoms with E-state index in [1.54, 1.807) is 0 Å². The molecule has 1 aliphatic rings. The first kappa shape index (κ1) is 33.0. The van der Waals surface area contributed by atoms with Gasteiger partial charge in [0.1, 0.15) is 0 Å². The van der Waals surface area contributed by atoms with Crippen molar-refractivity contribution in [3.63, 3.8) is 0 Å². The second-order valence-corrected chi connectivity index (χ2v) is 13.7. The first-order valence-corrected chi connectivity index (χ1v) is 18.2. The van der Waals surface area contributed by atoms with Gasteiger partial charge in [0, 0.05) is 23.5 Å². The second kappa shape index (κ2) is 14.6. The van der Waals surface area contributed by atoms with Gasteiger partial charge in [-0.25, -0.2) is 9.97 Å². The molecule has 0 unspecified atom stereocenters. The van der Waals surface area contributed by atoms with Crippen molar-refractivity contribution in [1.82, 2.24) is 15.0 Å². The van der Waals surface area contributed by atoms with Gasteiger partial charge in [0.05, 0.1) is 11.4 Å². The fourth-order valence-corrected chi connectivity index (χ4v) is 7.34. The SMILES string of the molecule is CC/C(=C\C=C(/C)c1cc(-c2cccc(C3=Cc4ccccc4[C@@H](C)C3)c2)nc(-c2ccc(-c3cccc4ccccc34)cc2)n1)c1cccnc1. The molecule has 0 aliphatic heterocycles. The van der Waals surface area contributed by atoms with Crippen LogP contribution >= 0.6 is 0 Å². The summed E-state index contributed by atoms with van der Waals surface area (Å²) in [7, 11) is 0. The summed E-state index contributed by atoms with van der Waals surface area (Å²) in [6, 6.07) is 47.6. The molecular formula is C49H41N3. The lowest BCUT2D eigenvalue weighted by Crippen LogP contribution is -2.04. The van der Waals surface area contributed by atoms with Gasteiger partial charge in [0.25, 0.3) is 0 Å². The third-order valence-corrected chi connectivity index (χ3v) is 10.2. The van der Waals surface area contributed by atoms with E-state index in [0.717, 1.165) is 46.5 Å². The van der Waals surface area contributed by atoms with E-state index in [2.05, 4.69) is 171 Å². The summed E-state index contributed by atoms with van der Waals surface area (Å²) in [6.45, 7) is 6.64. The molecule has 0 bridgehead atoms. The zero-order valence-corrected chi connectivity index (χ0v) is 29.9. The quantitative estimate of drug-likeness (QED) is 0.151. The number of rotatable bonds is 8. The summed E-state index contributed by atoms with van der Waals surface area (Å²) < 4.78 is 0. The van der Waals surface area contributed by atoms with Crippen LogP contribution in [0.25, 0.3) is 67.3 Å². The van der Waals surface area contributed by atoms with Gasteiger partial charge in [0.15, 0.2) is 5.82 Å². The molecule has 1 atom stereocenters. The maximum absolute atomic E-state index is 5.22. The van der Waals surface area contributed by atoms with Gasteiger partial charge in [-0.2, -0.15) is 0 Å². The Morgan fingerprint density at radius 3 is 2.33 bits per heavy atom. The fourth-order valence-electron chi connectivity index (χ4n) is 7.34. The van der Waals surface area contributed by atoms with Gasteiger partial charge in [-0.3, -0.25) is 4.98 Å². The number of benzene rings is 5. The minimum Gasteiger partial charge on any atom is -0.264 e. The van der Waals surface area contributed by atoms with Gasteiger partial charge in [-0.05, 0) is 105 Å².